The van der Waals surface area contributed by atoms with Gasteiger partial charge < -0.3 is 9.84 Å². The van der Waals surface area contributed by atoms with E-state index in [0.717, 1.165) is 16.9 Å². The first-order chi connectivity index (χ1) is 9.29. The largest absolute Gasteiger partial charge is 0.497 e. The molecule has 0 bridgehead atoms. The van der Waals surface area contributed by atoms with Crippen LogP contribution < -0.4 is 4.74 Å². The molecule has 0 saturated carbocycles. The molecular weight excluding hydrogens is 238 g/mol. The maximum absolute atomic E-state index is 9.95. The SMILES string of the molecule is COc1ccc(C=NC[C@H](O)c2ccccc2)cc1. The zero-order valence-electron chi connectivity index (χ0n) is 10.9. The molecule has 3 nitrogen and oxygen atoms in total. The van der Waals surface area contributed by atoms with Crippen LogP contribution >= 0.6 is 0 Å². The van der Waals surface area contributed by atoms with Gasteiger partial charge in [-0.3, -0.25) is 4.99 Å². The minimum Gasteiger partial charge on any atom is -0.497 e. The molecule has 0 fully saturated rings. The molecule has 19 heavy (non-hydrogen) atoms. The van der Waals surface area contributed by atoms with Crippen LogP contribution in [-0.4, -0.2) is 25.0 Å². The molecular formula is C16H17NO2. The van der Waals surface area contributed by atoms with Crippen molar-refractivity contribution in [3.63, 3.8) is 0 Å². The number of aliphatic hydroxyl groups excluding tert-OH is 1. The van der Waals surface area contributed by atoms with E-state index in [9.17, 15) is 5.11 Å². The van der Waals surface area contributed by atoms with Crippen molar-refractivity contribution in [3.8, 4) is 5.75 Å². The van der Waals surface area contributed by atoms with Crippen molar-refractivity contribution in [2.45, 2.75) is 6.10 Å². The molecule has 98 valence electrons. The van der Waals surface area contributed by atoms with Gasteiger partial charge in [-0.2, -0.15) is 0 Å². The van der Waals surface area contributed by atoms with Crippen LogP contribution in [0.5, 0.6) is 5.75 Å². The number of nitrogens with zero attached hydrogens (tertiary/aromatic N) is 1. The molecule has 0 amide bonds. The molecule has 3 heteroatoms. The van der Waals surface area contributed by atoms with Crippen molar-refractivity contribution in [3.05, 3.63) is 65.7 Å². The summed E-state index contributed by atoms with van der Waals surface area (Å²) in [6.45, 7) is 0.357. The predicted octanol–water partition coefficient (Wildman–Crippen LogP) is 2.85. The molecule has 0 aliphatic carbocycles. The van der Waals surface area contributed by atoms with E-state index in [2.05, 4.69) is 4.99 Å². The van der Waals surface area contributed by atoms with Gasteiger partial charge in [0.05, 0.1) is 19.8 Å². The standard InChI is InChI=1S/C16H17NO2/c1-19-15-9-7-13(8-10-15)11-17-12-16(18)14-5-3-2-4-6-14/h2-11,16,18H,12H2,1H3/t16-/m0/s1. The third-order valence-corrected chi connectivity index (χ3v) is 2.82. The molecule has 0 aliphatic rings. The third-order valence-electron chi connectivity index (χ3n) is 2.82. The minimum absolute atomic E-state index is 0.357. The Kier molecular flexibility index (Phi) is 4.70. The fraction of sp³-hybridized carbons (Fsp3) is 0.188. The summed E-state index contributed by atoms with van der Waals surface area (Å²) in [6.07, 6.45) is 1.20. The summed E-state index contributed by atoms with van der Waals surface area (Å²) in [5.41, 5.74) is 1.87. The Labute approximate surface area is 113 Å². The second-order valence-corrected chi connectivity index (χ2v) is 4.19. The Morgan fingerprint density at radius 3 is 2.42 bits per heavy atom. The van der Waals surface area contributed by atoms with Crippen molar-refractivity contribution >= 4 is 6.21 Å². The minimum atomic E-state index is -0.560. The number of rotatable bonds is 5. The van der Waals surface area contributed by atoms with Crippen LogP contribution in [0.3, 0.4) is 0 Å². The number of ether oxygens (including phenoxy) is 1. The zero-order valence-corrected chi connectivity index (χ0v) is 10.9. The number of aliphatic imine (C=N–C) groups is 1. The van der Waals surface area contributed by atoms with Gasteiger partial charge in [-0.05, 0) is 35.4 Å². The van der Waals surface area contributed by atoms with Gasteiger partial charge in [0.15, 0.2) is 0 Å². The number of benzene rings is 2. The highest BCUT2D eigenvalue weighted by molar-refractivity contribution is 5.79. The van der Waals surface area contributed by atoms with Gasteiger partial charge in [-0.25, -0.2) is 0 Å². The lowest BCUT2D eigenvalue weighted by Crippen LogP contribution is -2.01. The van der Waals surface area contributed by atoms with E-state index >= 15 is 0 Å². The maximum Gasteiger partial charge on any atom is 0.118 e. The Bertz CT molecular complexity index is 520. The highest BCUT2D eigenvalue weighted by atomic mass is 16.5. The molecule has 0 radical (unpaired) electrons. The second kappa shape index (κ2) is 6.71. The third kappa shape index (κ3) is 3.93. The summed E-state index contributed by atoms with van der Waals surface area (Å²) >= 11 is 0. The highest BCUT2D eigenvalue weighted by Gasteiger charge is 2.04. The van der Waals surface area contributed by atoms with Crippen molar-refractivity contribution in [2.24, 2.45) is 4.99 Å². The van der Waals surface area contributed by atoms with Gasteiger partial charge in [-0.15, -0.1) is 0 Å². The lowest BCUT2D eigenvalue weighted by Gasteiger charge is -2.07. The van der Waals surface area contributed by atoms with Crippen molar-refractivity contribution in [2.75, 3.05) is 13.7 Å². The van der Waals surface area contributed by atoms with Crippen LogP contribution in [0.1, 0.15) is 17.2 Å². The Hall–Kier alpha value is -2.13. The number of methoxy groups -OCH3 is 1. The quantitative estimate of drug-likeness (QED) is 0.835. The smallest absolute Gasteiger partial charge is 0.118 e. The number of hydrogen-bond acceptors (Lipinski definition) is 3. The topological polar surface area (TPSA) is 41.8 Å². The van der Waals surface area contributed by atoms with Gasteiger partial charge in [0.1, 0.15) is 5.75 Å². The van der Waals surface area contributed by atoms with Crippen LogP contribution in [0, 0.1) is 0 Å². The van der Waals surface area contributed by atoms with Gasteiger partial charge >= 0.3 is 0 Å². The zero-order chi connectivity index (χ0) is 13.5. The Balaban J connectivity index is 1.92. The van der Waals surface area contributed by atoms with Gasteiger partial charge in [-0.1, -0.05) is 30.3 Å². The number of hydrogen-bond donors (Lipinski definition) is 1. The predicted molar refractivity (Wildman–Crippen MR) is 76.9 cm³/mol. The molecule has 0 spiro atoms. The van der Waals surface area contributed by atoms with E-state index in [-0.39, 0.29) is 0 Å². The molecule has 0 unspecified atom stereocenters. The Morgan fingerprint density at radius 1 is 1.11 bits per heavy atom. The summed E-state index contributed by atoms with van der Waals surface area (Å²) in [5.74, 6) is 0.821. The molecule has 1 N–H and O–H groups in total. The molecule has 0 aromatic heterocycles. The molecule has 0 heterocycles. The van der Waals surface area contributed by atoms with Crippen LogP contribution in [0.4, 0.5) is 0 Å². The highest BCUT2D eigenvalue weighted by Crippen LogP contribution is 2.13. The van der Waals surface area contributed by atoms with E-state index in [0.29, 0.717) is 6.54 Å². The monoisotopic (exact) mass is 255 g/mol. The first kappa shape index (κ1) is 13.3. The van der Waals surface area contributed by atoms with Crippen molar-refractivity contribution in [1.29, 1.82) is 0 Å². The average Bonchev–Trinajstić information content (AvgIpc) is 2.49. The lowest BCUT2D eigenvalue weighted by molar-refractivity contribution is 0.187. The molecule has 1 atom stereocenters. The normalized spacial score (nSPS) is 12.5. The fourth-order valence-corrected chi connectivity index (χ4v) is 1.73. The van der Waals surface area contributed by atoms with Crippen LogP contribution in [0.2, 0.25) is 0 Å². The van der Waals surface area contributed by atoms with Crippen molar-refractivity contribution in [1.82, 2.24) is 0 Å². The summed E-state index contributed by atoms with van der Waals surface area (Å²) in [6, 6.07) is 17.2. The van der Waals surface area contributed by atoms with Gasteiger partial charge in [0.25, 0.3) is 0 Å². The molecule has 0 aliphatic heterocycles. The van der Waals surface area contributed by atoms with E-state index in [1.54, 1.807) is 13.3 Å². The summed E-state index contributed by atoms with van der Waals surface area (Å²) in [4.78, 5) is 4.26. The summed E-state index contributed by atoms with van der Waals surface area (Å²) in [5, 5.41) is 9.95. The van der Waals surface area contributed by atoms with E-state index in [1.807, 2.05) is 54.6 Å². The molecule has 2 aromatic rings. The van der Waals surface area contributed by atoms with Gasteiger partial charge in [0.2, 0.25) is 0 Å². The average molecular weight is 255 g/mol. The van der Waals surface area contributed by atoms with Crippen LogP contribution in [0.15, 0.2) is 59.6 Å². The van der Waals surface area contributed by atoms with Crippen molar-refractivity contribution < 1.29 is 9.84 Å². The molecule has 2 aromatic carbocycles. The summed E-state index contributed by atoms with van der Waals surface area (Å²) < 4.78 is 5.09. The van der Waals surface area contributed by atoms with E-state index in [4.69, 9.17) is 4.74 Å². The second-order valence-electron chi connectivity index (χ2n) is 4.19. The first-order valence-electron chi connectivity index (χ1n) is 6.16. The maximum atomic E-state index is 9.95. The fourth-order valence-electron chi connectivity index (χ4n) is 1.73. The Morgan fingerprint density at radius 2 is 1.79 bits per heavy atom. The van der Waals surface area contributed by atoms with E-state index in [1.165, 1.54) is 0 Å². The first-order valence-corrected chi connectivity index (χ1v) is 6.16. The lowest BCUT2D eigenvalue weighted by atomic mass is 10.1. The molecule has 0 saturated heterocycles. The number of aliphatic hydroxyl groups is 1. The van der Waals surface area contributed by atoms with E-state index < -0.39 is 6.10 Å². The summed E-state index contributed by atoms with van der Waals surface area (Å²) in [7, 11) is 1.64. The van der Waals surface area contributed by atoms with Crippen LogP contribution in [0.25, 0.3) is 0 Å². The molecule has 2 rings (SSSR count). The van der Waals surface area contributed by atoms with Crippen LogP contribution in [-0.2, 0) is 0 Å². The van der Waals surface area contributed by atoms with Gasteiger partial charge in [0, 0.05) is 6.21 Å².